The van der Waals surface area contributed by atoms with E-state index >= 15 is 0 Å². The zero-order chi connectivity index (χ0) is 14.1. The largest absolute Gasteiger partial charge is 0.331 e. The van der Waals surface area contributed by atoms with Crippen molar-refractivity contribution in [3.63, 3.8) is 0 Å². The van der Waals surface area contributed by atoms with Gasteiger partial charge in [-0.3, -0.25) is 0 Å². The minimum absolute atomic E-state index is 0.0968. The first-order valence-corrected chi connectivity index (χ1v) is 6.28. The van der Waals surface area contributed by atoms with Crippen molar-refractivity contribution in [2.75, 3.05) is 0 Å². The standard InChI is InChI=1S/C16H12FN3/c1-20-15-8-3-2-7-14(15)19-16(20)9-11-5-4-6-13(17)12(11)10-18/h2-8H,9H2,1H3. The van der Waals surface area contributed by atoms with Crippen LogP contribution in [-0.2, 0) is 13.5 Å². The van der Waals surface area contributed by atoms with Gasteiger partial charge in [0.15, 0.2) is 0 Å². The lowest BCUT2D eigenvalue weighted by Crippen LogP contribution is -2.02. The third-order valence-corrected chi connectivity index (χ3v) is 3.44. The van der Waals surface area contributed by atoms with Crippen LogP contribution in [0, 0.1) is 17.1 Å². The predicted octanol–water partition coefficient (Wildman–Crippen LogP) is 3.17. The number of imidazole rings is 1. The van der Waals surface area contributed by atoms with Crippen LogP contribution in [0.4, 0.5) is 4.39 Å². The molecule has 3 rings (SSSR count). The number of aromatic nitrogens is 2. The molecule has 1 aromatic heterocycles. The lowest BCUT2D eigenvalue weighted by molar-refractivity contribution is 0.621. The van der Waals surface area contributed by atoms with E-state index < -0.39 is 5.82 Å². The molecule has 0 bridgehead atoms. The molecule has 0 spiro atoms. The first kappa shape index (κ1) is 12.4. The molecule has 1 heterocycles. The van der Waals surface area contributed by atoms with E-state index in [0.29, 0.717) is 12.0 Å². The molecule has 3 nitrogen and oxygen atoms in total. The van der Waals surface area contributed by atoms with Crippen molar-refractivity contribution in [3.8, 4) is 6.07 Å². The molecule has 3 aromatic rings. The normalized spacial score (nSPS) is 10.7. The molecule has 0 saturated heterocycles. The fourth-order valence-corrected chi connectivity index (χ4v) is 2.37. The first-order valence-electron chi connectivity index (χ1n) is 6.28. The Labute approximate surface area is 115 Å². The highest BCUT2D eigenvalue weighted by atomic mass is 19.1. The average Bonchev–Trinajstić information content (AvgIpc) is 2.76. The second-order valence-corrected chi connectivity index (χ2v) is 4.64. The second-order valence-electron chi connectivity index (χ2n) is 4.64. The summed E-state index contributed by atoms with van der Waals surface area (Å²) in [6.45, 7) is 0. The molecule has 4 heteroatoms. The van der Waals surface area contributed by atoms with E-state index in [9.17, 15) is 4.39 Å². The minimum atomic E-state index is -0.483. The van der Waals surface area contributed by atoms with Gasteiger partial charge in [0.05, 0.1) is 16.6 Å². The van der Waals surface area contributed by atoms with Crippen LogP contribution < -0.4 is 0 Å². The van der Waals surface area contributed by atoms with Gasteiger partial charge in [-0.1, -0.05) is 24.3 Å². The van der Waals surface area contributed by atoms with E-state index in [1.807, 2.05) is 41.9 Å². The first-order chi connectivity index (χ1) is 9.70. The summed E-state index contributed by atoms with van der Waals surface area (Å²) in [7, 11) is 1.93. The molecule has 20 heavy (non-hydrogen) atoms. The van der Waals surface area contributed by atoms with E-state index in [4.69, 9.17) is 5.26 Å². The predicted molar refractivity (Wildman–Crippen MR) is 74.6 cm³/mol. The van der Waals surface area contributed by atoms with Crippen molar-refractivity contribution in [1.29, 1.82) is 5.26 Å². The third-order valence-electron chi connectivity index (χ3n) is 3.44. The smallest absolute Gasteiger partial charge is 0.141 e. The monoisotopic (exact) mass is 265 g/mol. The Hall–Kier alpha value is -2.67. The number of para-hydroxylation sites is 2. The zero-order valence-electron chi connectivity index (χ0n) is 11.0. The summed E-state index contributed by atoms with van der Waals surface area (Å²) in [6, 6.07) is 14.4. The molecule has 0 aliphatic carbocycles. The SMILES string of the molecule is Cn1c(Cc2cccc(F)c2C#N)nc2ccccc21. The Morgan fingerprint density at radius 1 is 1.20 bits per heavy atom. The lowest BCUT2D eigenvalue weighted by Gasteiger charge is -2.05. The van der Waals surface area contributed by atoms with Crippen LogP contribution in [0.3, 0.4) is 0 Å². The van der Waals surface area contributed by atoms with Gasteiger partial charge in [-0.2, -0.15) is 5.26 Å². The number of halogens is 1. The molecular weight excluding hydrogens is 253 g/mol. The fraction of sp³-hybridized carbons (Fsp3) is 0.125. The van der Waals surface area contributed by atoms with Crippen LogP contribution in [0.25, 0.3) is 11.0 Å². The van der Waals surface area contributed by atoms with Gasteiger partial charge in [0, 0.05) is 13.5 Å². The molecule has 0 saturated carbocycles. The van der Waals surface area contributed by atoms with Crippen LogP contribution in [0.1, 0.15) is 17.0 Å². The van der Waals surface area contributed by atoms with Crippen LogP contribution >= 0.6 is 0 Å². The number of nitrogens with zero attached hydrogens (tertiary/aromatic N) is 3. The molecule has 2 aromatic carbocycles. The third kappa shape index (κ3) is 1.94. The van der Waals surface area contributed by atoms with Crippen LogP contribution in [0.5, 0.6) is 0 Å². The highest BCUT2D eigenvalue weighted by Crippen LogP contribution is 2.19. The van der Waals surface area contributed by atoms with E-state index in [1.165, 1.54) is 6.07 Å². The maximum Gasteiger partial charge on any atom is 0.141 e. The van der Waals surface area contributed by atoms with Gasteiger partial charge in [-0.15, -0.1) is 0 Å². The van der Waals surface area contributed by atoms with E-state index in [0.717, 1.165) is 16.9 Å². The molecule has 0 fully saturated rings. The average molecular weight is 265 g/mol. The topological polar surface area (TPSA) is 41.6 Å². The molecule has 0 radical (unpaired) electrons. The number of aryl methyl sites for hydroxylation is 1. The lowest BCUT2D eigenvalue weighted by atomic mass is 10.0. The number of nitriles is 1. The molecule has 98 valence electrons. The van der Waals surface area contributed by atoms with Crippen molar-refractivity contribution in [2.45, 2.75) is 6.42 Å². The summed E-state index contributed by atoms with van der Waals surface area (Å²) in [6.07, 6.45) is 0.436. The van der Waals surface area contributed by atoms with E-state index in [1.54, 1.807) is 12.1 Å². The Morgan fingerprint density at radius 2 is 2.00 bits per heavy atom. The quantitative estimate of drug-likeness (QED) is 0.714. The summed E-state index contributed by atoms with van der Waals surface area (Å²) in [5.74, 6) is 0.331. The Kier molecular flexibility index (Phi) is 2.96. The Bertz CT molecular complexity index is 827. The molecule has 0 N–H and O–H groups in total. The van der Waals surface area contributed by atoms with Crippen LogP contribution in [0.2, 0.25) is 0 Å². The molecule has 0 amide bonds. The van der Waals surface area contributed by atoms with Crippen LogP contribution in [0.15, 0.2) is 42.5 Å². The van der Waals surface area contributed by atoms with Crippen molar-refractivity contribution in [2.24, 2.45) is 7.05 Å². The zero-order valence-corrected chi connectivity index (χ0v) is 11.0. The second kappa shape index (κ2) is 4.78. The Balaban J connectivity index is 2.09. The van der Waals surface area contributed by atoms with Crippen molar-refractivity contribution >= 4 is 11.0 Å². The van der Waals surface area contributed by atoms with Crippen LogP contribution in [-0.4, -0.2) is 9.55 Å². The van der Waals surface area contributed by atoms with Gasteiger partial charge >= 0.3 is 0 Å². The van der Waals surface area contributed by atoms with Gasteiger partial charge in [0.2, 0.25) is 0 Å². The molecule has 0 aliphatic heterocycles. The summed E-state index contributed by atoms with van der Waals surface area (Å²) in [5.41, 5.74) is 2.68. The van der Waals surface area contributed by atoms with Crippen molar-refractivity contribution < 1.29 is 4.39 Å². The highest BCUT2D eigenvalue weighted by molar-refractivity contribution is 5.75. The van der Waals surface area contributed by atoms with Gasteiger partial charge in [0.25, 0.3) is 0 Å². The number of hydrogen-bond acceptors (Lipinski definition) is 2. The Morgan fingerprint density at radius 3 is 2.75 bits per heavy atom. The maximum atomic E-state index is 13.6. The molecule has 0 unspecified atom stereocenters. The summed E-state index contributed by atoms with van der Waals surface area (Å²) < 4.78 is 15.6. The van der Waals surface area contributed by atoms with Gasteiger partial charge in [0.1, 0.15) is 17.7 Å². The maximum absolute atomic E-state index is 13.6. The number of hydrogen-bond donors (Lipinski definition) is 0. The number of rotatable bonds is 2. The van der Waals surface area contributed by atoms with Gasteiger partial charge in [-0.05, 0) is 23.8 Å². The van der Waals surface area contributed by atoms with Gasteiger partial charge < -0.3 is 4.57 Å². The van der Waals surface area contributed by atoms with E-state index in [2.05, 4.69) is 4.98 Å². The number of fused-ring (bicyclic) bond motifs is 1. The van der Waals surface area contributed by atoms with E-state index in [-0.39, 0.29) is 5.56 Å². The molecule has 0 atom stereocenters. The molecule has 0 aliphatic rings. The summed E-state index contributed by atoms with van der Waals surface area (Å²) in [5, 5.41) is 9.07. The summed E-state index contributed by atoms with van der Waals surface area (Å²) >= 11 is 0. The summed E-state index contributed by atoms with van der Waals surface area (Å²) in [4.78, 5) is 4.54. The van der Waals surface area contributed by atoms with Gasteiger partial charge in [-0.25, -0.2) is 9.37 Å². The van der Waals surface area contributed by atoms with Crippen molar-refractivity contribution in [3.05, 3.63) is 65.2 Å². The highest BCUT2D eigenvalue weighted by Gasteiger charge is 2.12. The van der Waals surface area contributed by atoms with Crippen molar-refractivity contribution in [1.82, 2.24) is 9.55 Å². The fourth-order valence-electron chi connectivity index (χ4n) is 2.37. The minimum Gasteiger partial charge on any atom is -0.331 e. The molecular formula is C16H12FN3. The number of benzene rings is 2.